The maximum absolute atomic E-state index is 11.7. The molecule has 1 saturated heterocycles. The van der Waals surface area contributed by atoms with Crippen molar-refractivity contribution in [1.82, 2.24) is 0 Å². The molecule has 2 atom stereocenters. The van der Waals surface area contributed by atoms with Gasteiger partial charge in [-0.2, -0.15) is 0 Å². The molecule has 0 saturated carbocycles. The number of thiophene rings is 1. The Balaban J connectivity index is 2.25. The molecule has 0 N–H and O–H groups in total. The second-order valence-electron chi connectivity index (χ2n) is 3.59. The fourth-order valence-corrected chi connectivity index (χ4v) is 6.95. The fraction of sp³-hybridized carbons (Fsp3) is 0.556. The van der Waals surface area contributed by atoms with Gasteiger partial charge in [-0.3, -0.25) is 0 Å². The van der Waals surface area contributed by atoms with Gasteiger partial charge in [-0.05, 0) is 40.9 Å². The molecule has 0 spiro atoms. The molecule has 6 heteroatoms. The van der Waals surface area contributed by atoms with Gasteiger partial charge >= 0.3 is 0 Å². The number of hydrogen-bond acceptors (Lipinski definition) is 3. The lowest BCUT2D eigenvalue weighted by atomic mass is 10.2. The van der Waals surface area contributed by atoms with E-state index in [0.717, 1.165) is 21.5 Å². The van der Waals surface area contributed by atoms with Crippen molar-refractivity contribution < 1.29 is 8.42 Å². The van der Waals surface area contributed by atoms with Crippen molar-refractivity contribution in [2.75, 3.05) is 5.75 Å². The summed E-state index contributed by atoms with van der Waals surface area (Å²) < 4.78 is 24.5. The van der Waals surface area contributed by atoms with E-state index in [2.05, 4.69) is 31.9 Å². The van der Waals surface area contributed by atoms with Crippen molar-refractivity contribution in [3.8, 4) is 0 Å². The first kappa shape index (κ1) is 12.1. The number of halogens is 2. The van der Waals surface area contributed by atoms with Crippen LogP contribution in [0.4, 0.5) is 0 Å². The Kier molecular flexibility index (Phi) is 3.60. The highest BCUT2D eigenvalue weighted by molar-refractivity contribution is 9.11. The summed E-state index contributed by atoms with van der Waals surface area (Å²) in [5.74, 6) is 0.340. The average molecular weight is 374 g/mol. The summed E-state index contributed by atoms with van der Waals surface area (Å²) in [6.45, 7) is 0. The first-order valence-corrected chi connectivity index (χ1v) is 8.85. The minimum atomic E-state index is -2.88. The normalized spacial score (nSPS) is 26.7. The van der Waals surface area contributed by atoms with Crippen LogP contribution in [0.1, 0.15) is 22.5 Å². The summed E-state index contributed by atoms with van der Waals surface area (Å²) in [6.07, 6.45) is 1.56. The summed E-state index contributed by atoms with van der Waals surface area (Å²) in [5, 5.41) is -0.247. The van der Waals surface area contributed by atoms with E-state index in [4.69, 9.17) is 0 Å². The van der Waals surface area contributed by atoms with E-state index in [1.54, 1.807) is 11.3 Å². The van der Waals surface area contributed by atoms with E-state index in [0.29, 0.717) is 5.75 Å². The van der Waals surface area contributed by atoms with Gasteiger partial charge in [0.1, 0.15) is 0 Å². The van der Waals surface area contributed by atoms with Crippen molar-refractivity contribution in [3.05, 3.63) is 20.8 Å². The lowest BCUT2D eigenvalue weighted by Crippen LogP contribution is -2.20. The highest BCUT2D eigenvalue weighted by atomic mass is 79.9. The van der Waals surface area contributed by atoms with E-state index in [9.17, 15) is 8.42 Å². The van der Waals surface area contributed by atoms with E-state index in [-0.39, 0.29) is 10.1 Å². The van der Waals surface area contributed by atoms with Crippen molar-refractivity contribution in [2.45, 2.75) is 22.9 Å². The minimum Gasteiger partial charge on any atom is -0.228 e. The Morgan fingerprint density at radius 3 is 2.67 bits per heavy atom. The summed E-state index contributed by atoms with van der Waals surface area (Å²) >= 11 is 8.49. The van der Waals surface area contributed by atoms with Gasteiger partial charge in [0.15, 0.2) is 9.84 Å². The van der Waals surface area contributed by atoms with Gasteiger partial charge in [-0.1, -0.05) is 15.9 Å². The molecule has 0 aromatic carbocycles. The topological polar surface area (TPSA) is 34.1 Å². The maximum Gasteiger partial charge on any atom is 0.154 e. The second-order valence-corrected chi connectivity index (χ2v) is 9.41. The number of sulfone groups is 1. The van der Waals surface area contributed by atoms with Gasteiger partial charge in [-0.15, -0.1) is 11.3 Å². The molecule has 0 amide bonds. The standard InChI is InChI=1S/C9H10Br2O2S2/c10-8-4-3-6(14-8)9(11)7-2-1-5-15(7,12)13/h3-4,7,9H,1-2,5H2. The van der Waals surface area contributed by atoms with Crippen LogP contribution < -0.4 is 0 Å². The molecular formula is C9H10Br2O2S2. The lowest BCUT2D eigenvalue weighted by molar-refractivity contribution is 0.588. The van der Waals surface area contributed by atoms with Gasteiger partial charge in [0.05, 0.1) is 19.6 Å². The van der Waals surface area contributed by atoms with Crippen molar-refractivity contribution in [3.63, 3.8) is 0 Å². The van der Waals surface area contributed by atoms with Crippen molar-refractivity contribution in [2.24, 2.45) is 0 Å². The Morgan fingerprint density at radius 1 is 1.47 bits per heavy atom. The Morgan fingerprint density at radius 2 is 2.20 bits per heavy atom. The average Bonchev–Trinajstić information content (AvgIpc) is 2.70. The lowest BCUT2D eigenvalue weighted by Gasteiger charge is -2.14. The van der Waals surface area contributed by atoms with Crippen LogP contribution in [0.3, 0.4) is 0 Å². The summed E-state index contributed by atoms with van der Waals surface area (Å²) in [5.41, 5.74) is 0. The summed E-state index contributed by atoms with van der Waals surface area (Å²) in [7, 11) is -2.88. The van der Waals surface area contributed by atoms with Gasteiger partial charge in [-0.25, -0.2) is 8.42 Å². The van der Waals surface area contributed by atoms with Crippen LogP contribution in [0.25, 0.3) is 0 Å². The van der Waals surface area contributed by atoms with Crippen LogP contribution in [0.2, 0.25) is 0 Å². The third-order valence-electron chi connectivity index (χ3n) is 2.57. The zero-order valence-electron chi connectivity index (χ0n) is 7.82. The van der Waals surface area contributed by atoms with Gasteiger partial charge in [0.25, 0.3) is 0 Å². The number of rotatable bonds is 2. The monoisotopic (exact) mass is 372 g/mol. The Labute approximate surface area is 110 Å². The van der Waals surface area contributed by atoms with Crippen LogP contribution in [-0.4, -0.2) is 19.4 Å². The molecule has 1 fully saturated rings. The molecule has 84 valence electrons. The van der Waals surface area contributed by atoms with E-state index < -0.39 is 9.84 Å². The molecule has 0 aliphatic carbocycles. The quantitative estimate of drug-likeness (QED) is 0.743. The van der Waals surface area contributed by atoms with Gasteiger partial charge < -0.3 is 0 Å². The molecule has 1 aromatic rings. The third kappa shape index (κ3) is 2.48. The van der Waals surface area contributed by atoms with Gasteiger partial charge in [0, 0.05) is 4.88 Å². The highest BCUT2D eigenvalue weighted by Crippen LogP contribution is 2.41. The molecular weight excluding hydrogens is 364 g/mol. The Bertz CT molecular complexity index is 452. The minimum absolute atomic E-state index is 0.0544. The van der Waals surface area contributed by atoms with Crippen molar-refractivity contribution >= 4 is 53.0 Å². The third-order valence-corrected chi connectivity index (χ3v) is 8.35. The molecule has 0 bridgehead atoms. The molecule has 2 heterocycles. The first-order valence-electron chi connectivity index (χ1n) is 4.61. The van der Waals surface area contributed by atoms with Crippen LogP contribution in [0, 0.1) is 0 Å². The number of hydrogen-bond donors (Lipinski definition) is 0. The molecule has 15 heavy (non-hydrogen) atoms. The van der Waals surface area contributed by atoms with Crippen LogP contribution in [0.5, 0.6) is 0 Å². The molecule has 2 nitrogen and oxygen atoms in total. The molecule has 1 aliphatic heterocycles. The van der Waals surface area contributed by atoms with E-state index in [1.165, 1.54) is 0 Å². The first-order chi connectivity index (χ1) is 7.00. The summed E-state index contributed by atoms with van der Waals surface area (Å²) in [4.78, 5) is 1.03. The molecule has 1 aliphatic rings. The predicted molar refractivity (Wildman–Crippen MR) is 70.5 cm³/mol. The van der Waals surface area contributed by atoms with Crippen LogP contribution in [-0.2, 0) is 9.84 Å². The molecule has 1 aromatic heterocycles. The SMILES string of the molecule is O=S1(=O)CCCC1C(Br)c1ccc(Br)s1. The van der Waals surface area contributed by atoms with Crippen LogP contribution in [0.15, 0.2) is 15.9 Å². The Hall–Kier alpha value is 0.610. The van der Waals surface area contributed by atoms with Crippen molar-refractivity contribution in [1.29, 1.82) is 0 Å². The molecule has 0 radical (unpaired) electrons. The smallest absolute Gasteiger partial charge is 0.154 e. The zero-order valence-corrected chi connectivity index (χ0v) is 12.6. The maximum atomic E-state index is 11.7. The number of alkyl halides is 1. The zero-order chi connectivity index (χ0) is 11.1. The largest absolute Gasteiger partial charge is 0.228 e. The molecule has 2 rings (SSSR count). The van der Waals surface area contributed by atoms with E-state index in [1.807, 2.05) is 12.1 Å². The predicted octanol–water partition coefficient (Wildman–Crippen LogP) is 3.52. The van der Waals surface area contributed by atoms with Gasteiger partial charge in [0.2, 0.25) is 0 Å². The fourth-order valence-electron chi connectivity index (χ4n) is 1.80. The van der Waals surface area contributed by atoms with Crippen LogP contribution >= 0.6 is 43.2 Å². The molecule has 2 unspecified atom stereocenters. The van der Waals surface area contributed by atoms with E-state index >= 15 is 0 Å². The highest BCUT2D eigenvalue weighted by Gasteiger charge is 2.37. The summed E-state index contributed by atoms with van der Waals surface area (Å²) in [6, 6.07) is 3.93. The second kappa shape index (κ2) is 4.47.